The van der Waals surface area contributed by atoms with Gasteiger partial charge in [-0.15, -0.1) is 0 Å². The molecule has 3 aliphatic rings. The predicted molar refractivity (Wildman–Crippen MR) is 132 cm³/mol. The molecule has 3 fully saturated rings. The van der Waals surface area contributed by atoms with Gasteiger partial charge in [-0.25, -0.2) is 9.78 Å². The van der Waals surface area contributed by atoms with Crippen LogP contribution in [0, 0.1) is 11.8 Å². The number of piperidine rings is 1. The molecule has 0 aliphatic carbocycles. The van der Waals surface area contributed by atoms with Crippen molar-refractivity contribution < 1.29 is 38.7 Å². The van der Waals surface area contributed by atoms with Gasteiger partial charge in [-0.2, -0.15) is 0 Å². The molecule has 0 spiro atoms. The molecule has 0 saturated carbocycles. The Kier molecular flexibility index (Phi) is 8.72. The van der Waals surface area contributed by atoms with Gasteiger partial charge >= 0.3 is 5.97 Å². The number of esters is 1. The van der Waals surface area contributed by atoms with Gasteiger partial charge in [-0.05, 0) is 52.0 Å². The Hall–Kier alpha value is -1.98. The summed E-state index contributed by atoms with van der Waals surface area (Å²) in [6.45, 7) is 7.48. The number of aliphatic hydroxyl groups is 3. The van der Waals surface area contributed by atoms with Crippen LogP contribution in [0.5, 0.6) is 0 Å². The van der Waals surface area contributed by atoms with E-state index in [1.807, 2.05) is 18.7 Å². The van der Waals surface area contributed by atoms with Gasteiger partial charge in [0.15, 0.2) is 0 Å². The fourth-order valence-corrected chi connectivity index (χ4v) is 5.23. The lowest BCUT2D eigenvalue weighted by molar-refractivity contribution is -0.165. The third-order valence-electron chi connectivity index (χ3n) is 7.72. The second-order valence-corrected chi connectivity index (χ2v) is 10.5. The first kappa shape index (κ1) is 27.1. The van der Waals surface area contributed by atoms with Crippen molar-refractivity contribution in [1.29, 1.82) is 0 Å². The average Bonchev–Trinajstić information content (AvgIpc) is 3.51. The number of rotatable bonds is 9. The molecule has 4 heterocycles. The molecule has 1 aromatic rings. The lowest BCUT2D eigenvalue weighted by Gasteiger charge is -2.38. The fourth-order valence-electron chi connectivity index (χ4n) is 5.23. The molecular formula is C26H40N2O8. The van der Waals surface area contributed by atoms with Crippen molar-refractivity contribution in [2.45, 2.75) is 89.5 Å². The van der Waals surface area contributed by atoms with Crippen molar-refractivity contribution in [3.05, 3.63) is 17.2 Å². The normalized spacial score (nSPS) is 32.8. The van der Waals surface area contributed by atoms with E-state index in [1.54, 1.807) is 13.0 Å². The van der Waals surface area contributed by atoms with Crippen molar-refractivity contribution >= 4 is 17.9 Å². The highest BCUT2D eigenvalue weighted by molar-refractivity contribution is 5.92. The standard InChI is InChI=1S/C26H40N2O8/c1-14(11-20-27-21(26(32)33-4)25(36-20)28-8-6-5-7-9-28)10-18-23(31)22(30)17(13-34-18)12-19-24(35-19)15(2)16(3)29/h11,15-19,22-24,29-31H,5-10,12-13H2,1-4H3/b14-11+/t15-,16-,17-,18-,19+,22+,23-,24-/m0/s1. The van der Waals surface area contributed by atoms with Crippen LogP contribution < -0.4 is 4.90 Å². The number of nitrogens with zero attached hydrogens (tertiary/aromatic N) is 2. The number of ether oxygens (including phenoxy) is 3. The van der Waals surface area contributed by atoms with E-state index in [0.717, 1.165) is 37.9 Å². The Morgan fingerprint density at radius 3 is 2.58 bits per heavy atom. The molecule has 1 aromatic heterocycles. The molecule has 3 saturated heterocycles. The van der Waals surface area contributed by atoms with E-state index in [9.17, 15) is 20.1 Å². The Morgan fingerprint density at radius 1 is 1.19 bits per heavy atom. The van der Waals surface area contributed by atoms with E-state index in [4.69, 9.17) is 18.6 Å². The van der Waals surface area contributed by atoms with Crippen molar-refractivity contribution in [3.8, 4) is 0 Å². The minimum Gasteiger partial charge on any atom is -0.464 e. The van der Waals surface area contributed by atoms with Crippen LogP contribution in [0.15, 0.2) is 9.99 Å². The third kappa shape index (κ3) is 6.11. The smallest absolute Gasteiger partial charge is 0.362 e. The van der Waals surface area contributed by atoms with Gasteiger partial charge in [0, 0.05) is 24.9 Å². The molecule has 0 unspecified atom stereocenters. The van der Waals surface area contributed by atoms with Crippen LogP contribution in [-0.4, -0.2) is 89.7 Å². The third-order valence-corrected chi connectivity index (χ3v) is 7.72. The summed E-state index contributed by atoms with van der Waals surface area (Å²) in [4.78, 5) is 18.7. The van der Waals surface area contributed by atoms with Crippen molar-refractivity contribution in [1.82, 2.24) is 4.98 Å². The Labute approximate surface area is 212 Å². The summed E-state index contributed by atoms with van der Waals surface area (Å²) in [5, 5.41) is 31.3. The van der Waals surface area contributed by atoms with E-state index in [0.29, 0.717) is 31.2 Å². The van der Waals surface area contributed by atoms with Crippen LogP contribution in [0.1, 0.15) is 69.3 Å². The average molecular weight is 509 g/mol. The second-order valence-electron chi connectivity index (χ2n) is 10.5. The molecule has 202 valence electrons. The number of methoxy groups -OCH3 is 1. The van der Waals surface area contributed by atoms with Crippen LogP contribution in [0.4, 0.5) is 5.88 Å². The lowest BCUT2D eigenvalue weighted by Crippen LogP contribution is -2.50. The second kappa shape index (κ2) is 11.6. The fraction of sp³-hybridized carbons (Fsp3) is 0.769. The molecule has 3 N–H and O–H groups in total. The maximum Gasteiger partial charge on any atom is 0.362 e. The first-order valence-electron chi connectivity index (χ1n) is 13.0. The summed E-state index contributed by atoms with van der Waals surface area (Å²) >= 11 is 0. The maximum atomic E-state index is 12.3. The van der Waals surface area contributed by atoms with Crippen LogP contribution in [-0.2, 0) is 14.2 Å². The summed E-state index contributed by atoms with van der Waals surface area (Å²) in [7, 11) is 1.32. The highest BCUT2D eigenvalue weighted by atomic mass is 16.6. The van der Waals surface area contributed by atoms with E-state index in [1.165, 1.54) is 7.11 Å². The van der Waals surface area contributed by atoms with Gasteiger partial charge in [0.2, 0.25) is 17.5 Å². The molecular weight excluding hydrogens is 468 g/mol. The number of aliphatic hydroxyl groups excluding tert-OH is 3. The van der Waals surface area contributed by atoms with Crippen LogP contribution >= 0.6 is 0 Å². The quantitative estimate of drug-likeness (QED) is 0.336. The number of epoxide rings is 1. The zero-order valence-electron chi connectivity index (χ0n) is 21.6. The molecule has 8 atom stereocenters. The topological polar surface area (TPSA) is 138 Å². The van der Waals surface area contributed by atoms with Crippen molar-refractivity contribution in [2.24, 2.45) is 11.8 Å². The van der Waals surface area contributed by atoms with Crippen molar-refractivity contribution in [3.63, 3.8) is 0 Å². The van der Waals surface area contributed by atoms with Gasteiger partial charge in [-0.3, -0.25) is 0 Å². The summed E-state index contributed by atoms with van der Waals surface area (Å²) in [5.41, 5.74) is 1.00. The van der Waals surface area contributed by atoms with Crippen LogP contribution in [0.25, 0.3) is 6.08 Å². The van der Waals surface area contributed by atoms with E-state index in [-0.39, 0.29) is 29.7 Å². The highest BCUT2D eigenvalue weighted by Crippen LogP contribution is 2.38. The van der Waals surface area contributed by atoms with E-state index in [2.05, 4.69) is 4.98 Å². The van der Waals surface area contributed by atoms with Crippen LogP contribution in [0.3, 0.4) is 0 Å². The van der Waals surface area contributed by atoms with Gasteiger partial charge in [-0.1, -0.05) is 12.5 Å². The minimum absolute atomic E-state index is 0.0208. The summed E-state index contributed by atoms with van der Waals surface area (Å²) < 4.78 is 22.5. The Morgan fingerprint density at radius 2 is 1.92 bits per heavy atom. The first-order chi connectivity index (χ1) is 17.2. The highest BCUT2D eigenvalue weighted by Gasteiger charge is 2.48. The Balaban J connectivity index is 1.36. The molecule has 0 bridgehead atoms. The van der Waals surface area contributed by atoms with Gasteiger partial charge in [0.1, 0.15) is 6.10 Å². The number of hydrogen-bond acceptors (Lipinski definition) is 10. The lowest BCUT2D eigenvalue weighted by atomic mass is 9.85. The van der Waals surface area contributed by atoms with Gasteiger partial charge in [0.05, 0.1) is 44.2 Å². The zero-order valence-corrected chi connectivity index (χ0v) is 21.6. The zero-order chi connectivity index (χ0) is 26.0. The number of anilines is 1. The largest absolute Gasteiger partial charge is 0.464 e. The molecule has 0 amide bonds. The first-order valence-corrected chi connectivity index (χ1v) is 13.0. The SMILES string of the molecule is COC(=O)c1nc(/C=C(\C)C[C@@H]2OC[C@H](C[C@H]3O[C@H]3[C@@H](C)[C@H](C)O)[C@@H](O)[C@H]2O)oc1N1CCCCC1. The minimum atomic E-state index is -1.04. The molecule has 3 aliphatic heterocycles. The van der Waals surface area contributed by atoms with Gasteiger partial charge < -0.3 is 38.8 Å². The van der Waals surface area contributed by atoms with Crippen LogP contribution in [0.2, 0.25) is 0 Å². The predicted octanol–water partition coefficient (Wildman–Crippen LogP) is 2.16. The Bertz CT molecular complexity index is 925. The molecule has 10 nitrogen and oxygen atoms in total. The number of aromatic nitrogens is 1. The van der Waals surface area contributed by atoms with Gasteiger partial charge in [0.25, 0.3) is 0 Å². The molecule has 36 heavy (non-hydrogen) atoms. The summed E-state index contributed by atoms with van der Waals surface area (Å²) in [6, 6.07) is 0. The van der Waals surface area contributed by atoms with E-state index < -0.39 is 30.4 Å². The molecule has 0 aromatic carbocycles. The molecule has 4 rings (SSSR count). The monoisotopic (exact) mass is 508 g/mol. The summed E-state index contributed by atoms with van der Waals surface area (Å²) in [5.74, 6) is -0.0353. The van der Waals surface area contributed by atoms with E-state index >= 15 is 0 Å². The molecule has 10 heteroatoms. The number of hydrogen-bond donors (Lipinski definition) is 3. The number of carbonyl (C=O) groups is 1. The van der Waals surface area contributed by atoms with Crippen molar-refractivity contribution in [2.75, 3.05) is 31.7 Å². The number of carbonyl (C=O) groups excluding carboxylic acids is 1. The summed E-state index contributed by atoms with van der Waals surface area (Å²) in [6.07, 6.45) is 2.82. The number of oxazole rings is 1. The molecule has 0 radical (unpaired) electrons. The maximum absolute atomic E-state index is 12.3.